The van der Waals surface area contributed by atoms with E-state index in [1.807, 2.05) is 0 Å². The van der Waals surface area contributed by atoms with Crippen LogP contribution in [0.15, 0.2) is 53.0 Å². The number of nitrogens with zero attached hydrogens (tertiary/aromatic N) is 1. The molecule has 19 heavy (non-hydrogen) atoms. The Morgan fingerprint density at radius 2 is 1.74 bits per heavy atom. The molecular formula is C17H18BrN. The van der Waals surface area contributed by atoms with Gasteiger partial charge >= 0.3 is 0 Å². The molecule has 0 saturated heterocycles. The van der Waals surface area contributed by atoms with Crippen LogP contribution in [-0.4, -0.2) is 6.54 Å². The van der Waals surface area contributed by atoms with Gasteiger partial charge in [-0.05, 0) is 42.5 Å². The molecule has 3 rings (SSSR count). The van der Waals surface area contributed by atoms with Gasteiger partial charge in [0.1, 0.15) is 0 Å². The third-order valence-corrected chi connectivity index (χ3v) is 4.55. The Bertz CT molecular complexity index is 565. The first-order chi connectivity index (χ1) is 9.34. The van der Waals surface area contributed by atoms with Gasteiger partial charge in [0.25, 0.3) is 0 Å². The van der Waals surface area contributed by atoms with Crippen LogP contribution in [0, 0.1) is 0 Å². The van der Waals surface area contributed by atoms with E-state index in [1.54, 1.807) is 0 Å². The minimum atomic E-state index is 0.985. The Balaban J connectivity index is 1.91. The summed E-state index contributed by atoms with van der Waals surface area (Å²) < 4.78 is 1.21. The monoisotopic (exact) mass is 315 g/mol. The maximum atomic E-state index is 3.66. The lowest BCUT2D eigenvalue weighted by Gasteiger charge is -2.25. The molecule has 0 atom stereocenters. The van der Waals surface area contributed by atoms with E-state index in [1.165, 1.54) is 40.5 Å². The minimum absolute atomic E-state index is 0.985. The lowest BCUT2D eigenvalue weighted by molar-refractivity contribution is 0.714. The smallest absolute Gasteiger partial charge is 0.0440 e. The summed E-state index contributed by atoms with van der Waals surface area (Å²) in [5, 5.41) is 0. The number of hydrogen-bond acceptors (Lipinski definition) is 1. The number of rotatable bonds is 2. The molecule has 1 aliphatic rings. The summed E-state index contributed by atoms with van der Waals surface area (Å²) >= 11 is 3.66. The van der Waals surface area contributed by atoms with E-state index in [0.717, 1.165) is 13.1 Å². The van der Waals surface area contributed by atoms with Gasteiger partial charge in [-0.3, -0.25) is 0 Å². The molecule has 1 nitrogen and oxygen atoms in total. The summed E-state index contributed by atoms with van der Waals surface area (Å²) in [6.07, 6.45) is 3.78. The summed E-state index contributed by atoms with van der Waals surface area (Å²) in [5.74, 6) is 0. The van der Waals surface area contributed by atoms with Gasteiger partial charge in [0.15, 0.2) is 0 Å². The zero-order valence-corrected chi connectivity index (χ0v) is 12.6. The second-order valence-corrected chi connectivity index (χ2v) is 5.95. The van der Waals surface area contributed by atoms with Crippen LogP contribution >= 0.6 is 15.9 Å². The van der Waals surface area contributed by atoms with Gasteiger partial charge in [-0.25, -0.2) is 0 Å². The lowest BCUT2D eigenvalue weighted by atomic mass is 10.1. The highest BCUT2D eigenvalue weighted by molar-refractivity contribution is 9.10. The van der Waals surface area contributed by atoms with Crippen LogP contribution in [0.25, 0.3) is 0 Å². The molecule has 1 heterocycles. The Morgan fingerprint density at radius 1 is 0.947 bits per heavy atom. The molecule has 0 N–H and O–H groups in total. The largest absolute Gasteiger partial charge is 0.367 e. The van der Waals surface area contributed by atoms with Gasteiger partial charge < -0.3 is 4.90 Å². The van der Waals surface area contributed by atoms with Gasteiger partial charge in [0, 0.05) is 23.2 Å². The number of benzene rings is 2. The van der Waals surface area contributed by atoms with Gasteiger partial charge in [0.05, 0.1) is 0 Å². The van der Waals surface area contributed by atoms with Crippen molar-refractivity contribution in [1.29, 1.82) is 0 Å². The SMILES string of the molecule is Brc1ccccc1CN1CCCCc2ccccc21. The minimum Gasteiger partial charge on any atom is -0.367 e. The normalized spacial score (nSPS) is 14.9. The highest BCUT2D eigenvalue weighted by Gasteiger charge is 2.15. The van der Waals surface area contributed by atoms with Gasteiger partial charge in [-0.15, -0.1) is 0 Å². The van der Waals surface area contributed by atoms with E-state index < -0.39 is 0 Å². The van der Waals surface area contributed by atoms with Crippen molar-refractivity contribution in [2.24, 2.45) is 0 Å². The molecule has 1 aliphatic heterocycles. The van der Waals surface area contributed by atoms with Crippen LogP contribution < -0.4 is 4.90 Å². The summed E-state index contributed by atoms with van der Waals surface area (Å²) in [6.45, 7) is 2.14. The average Bonchev–Trinajstić information content (AvgIpc) is 2.64. The van der Waals surface area contributed by atoms with Crippen molar-refractivity contribution in [3.63, 3.8) is 0 Å². The molecule has 2 aromatic carbocycles. The first-order valence-corrected chi connectivity index (χ1v) is 7.70. The van der Waals surface area contributed by atoms with Crippen LogP contribution in [0.5, 0.6) is 0 Å². The maximum Gasteiger partial charge on any atom is 0.0440 e. The molecular weight excluding hydrogens is 298 g/mol. The van der Waals surface area contributed by atoms with Crippen LogP contribution in [-0.2, 0) is 13.0 Å². The maximum absolute atomic E-state index is 3.66. The molecule has 0 aromatic heterocycles. The highest BCUT2D eigenvalue weighted by atomic mass is 79.9. The van der Waals surface area contributed by atoms with Crippen LogP contribution in [0.4, 0.5) is 5.69 Å². The van der Waals surface area contributed by atoms with Crippen LogP contribution in [0.3, 0.4) is 0 Å². The van der Waals surface area contributed by atoms with Crippen molar-refractivity contribution >= 4 is 21.6 Å². The van der Waals surface area contributed by atoms with Gasteiger partial charge in [0.2, 0.25) is 0 Å². The number of hydrogen-bond donors (Lipinski definition) is 0. The molecule has 0 amide bonds. The molecule has 2 heteroatoms. The van der Waals surface area contributed by atoms with Crippen LogP contribution in [0.2, 0.25) is 0 Å². The van der Waals surface area contributed by atoms with E-state index in [9.17, 15) is 0 Å². The zero-order valence-electron chi connectivity index (χ0n) is 11.0. The van der Waals surface area contributed by atoms with Crippen molar-refractivity contribution in [3.8, 4) is 0 Å². The number of halogens is 1. The Hall–Kier alpha value is -1.28. The molecule has 0 spiro atoms. The summed E-state index contributed by atoms with van der Waals surface area (Å²) in [7, 11) is 0. The fraction of sp³-hybridized carbons (Fsp3) is 0.294. The molecule has 0 fully saturated rings. The first kappa shape index (κ1) is 12.7. The van der Waals surface area contributed by atoms with Crippen molar-refractivity contribution in [2.75, 3.05) is 11.4 Å². The molecule has 0 saturated carbocycles. The lowest BCUT2D eigenvalue weighted by Crippen LogP contribution is -2.23. The number of fused-ring (bicyclic) bond motifs is 1. The van der Waals surface area contributed by atoms with Crippen LogP contribution in [0.1, 0.15) is 24.0 Å². The van der Waals surface area contributed by atoms with Gasteiger partial charge in [-0.2, -0.15) is 0 Å². The number of anilines is 1. The predicted octanol–water partition coefficient (Wildman–Crippen LogP) is 4.79. The molecule has 0 aliphatic carbocycles. The standard InChI is InChI=1S/C17H18BrN/c18-16-10-3-1-9-15(16)13-19-12-6-5-8-14-7-2-4-11-17(14)19/h1-4,7,9-11H,5-6,8,12-13H2. The summed E-state index contributed by atoms with van der Waals surface area (Å²) in [5.41, 5.74) is 4.27. The molecule has 0 radical (unpaired) electrons. The second kappa shape index (κ2) is 5.79. The highest BCUT2D eigenvalue weighted by Crippen LogP contribution is 2.28. The quantitative estimate of drug-likeness (QED) is 0.770. The average molecular weight is 316 g/mol. The third kappa shape index (κ3) is 2.84. The third-order valence-electron chi connectivity index (χ3n) is 3.78. The summed E-state index contributed by atoms with van der Waals surface area (Å²) in [4.78, 5) is 2.52. The van der Waals surface area contributed by atoms with Crippen molar-refractivity contribution in [2.45, 2.75) is 25.8 Å². The Kier molecular flexibility index (Phi) is 3.88. The predicted molar refractivity (Wildman–Crippen MR) is 84.6 cm³/mol. The van der Waals surface area contributed by atoms with Crippen molar-refractivity contribution < 1.29 is 0 Å². The number of aryl methyl sites for hydroxylation is 1. The van der Waals surface area contributed by atoms with E-state index in [4.69, 9.17) is 0 Å². The Labute approximate surface area is 123 Å². The van der Waals surface area contributed by atoms with Gasteiger partial charge in [-0.1, -0.05) is 52.3 Å². The van der Waals surface area contributed by atoms with Crippen molar-refractivity contribution in [3.05, 3.63) is 64.1 Å². The molecule has 2 aromatic rings. The first-order valence-electron chi connectivity index (χ1n) is 6.91. The topological polar surface area (TPSA) is 3.24 Å². The zero-order chi connectivity index (χ0) is 13.1. The fourth-order valence-electron chi connectivity index (χ4n) is 2.77. The molecule has 0 unspecified atom stereocenters. The summed E-state index contributed by atoms with van der Waals surface area (Å²) in [6, 6.07) is 17.4. The van der Waals surface area contributed by atoms with E-state index in [0.29, 0.717) is 0 Å². The molecule has 98 valence electrons. The molecule has 0 bridgehead atoms. The fourth-order valence-corrected chi connectivity index (χ4v) is 3.18. The second-order valence-electron chi connectivity index (χ2n) is 5.10. The van der Waals surface area contributed by atoms with Crippen molar-refractivity contribution in [1.82, 2.24) is 0 Å². The van der Waals surface area contributed by atoms with E-state index >= 15 is 0 Å². The number of para-hydroxylation sites is 1. The Morgan fingerprint density at radius 3 is 2.63 bits per heavy atom. The van der Waals surface area contributed by atoms with E-state index in [2.05, 4.69) is 69.4 Å². The van der Waals surface area contributed by atoms with E-state index in [-0.39, 0.29) is 0 Å².